The lowest BCUT2D eigenvalue weighted by Crippen LogP contribution is -2.32. The number of para-hydroxylation sites is 1. The Bertz CT molecular complexity index is 1020. The maximum atomic E-state index is 11.4. The van der Waals surface area contributed by atoms with E-state index in [0.29, 0.717) is 23.8 Å². The molecule has 1 amide bonds. The number of hydroxylamine groups is 1. The summed E-state index contributed by atoms with van der Waals surface area (Å²) >= 11 is 0. The summed E-state index contributed by atoms with van der Waals surface area (Å²) in [6.07, 6.45) is 5.09. The van der Waals surface area contributed by atoms with Crippen molar-refractivity contribution in [3.8, 4) is 0 Å². The fourth-order valence-corrected chi connectivity index (χ4v) is 4.45. The number of rotatable bonds is 5. The van der Waals surface area contributed by atoms with Crippen LogP contribution in [0, 0.1) is 11.8 Å². The van der Waals surface area contributed by atoms with Crippen molar-refractivity contribution in [3.63, 3.8) is 0 Å². The van der Waals surface area contributed by atoms with Crippen molar-refractivity contribution in [1.29, 1.82) is 0 Å². The number of carbonyl (C=O) groups is 1. The van der Waals surface area contributed by atoms with Crippen molar-refractivity contribution in [2.75, 3.05) is 18.0 Å². The van der Waals surface area contributed by atoms with Crippen LogP contribution in [0.25, 0.3) is 10.9 Å². The SMILES string of the molecule is Cn1cc(CNC2C3CN(c4ncc(C(=O)NO)cn4)CC32)c2ccccc21. The molecule has 1 aliphatic heterocycles. The molecule has 0 bridgehead atoms. The van der Waals surface area contributed by atoms with Gasteiger partial charge in [0.1, 0.15) is 0 Å². The predicted octanol–water partition coefficient (Wildman–Crippen LogP) is 1.31. The second-order valence-corrected chi connectivity index (χ2v) is 7.63. The van der Waals surface area contributed by atoms with Crippen molar-refractivity contribution in [3.05, 3.63) is 54.0 Å². The lowest BCUT2D eigenvalue weighted by molar-refractivity contribution is 0.0705. The number of nitrogens with one attached hydrogen (secondary N) is 2. The molecule has 2 atom stereocenters. The molecule has 1 aromatic carbocycles. The minimum absolute atomic E-state index is 0.241. The Hall–Kier alpha value is -2.97. The van der Waals surface area contributed by atoms with E-state index >= 15 is 0 Å². The lowest BCUT2D eigenvalue weighted by Gasteiger charge is -2.20. The molecule has 8 nitrogen and oxygen atoms in total. The van der Waals surface area contributed by atoms with Gasteiger partial charge in [0, 0.05) is 62.2 Å². The number of nitrogens with zero attached hydrogens (tertiary/aromatic N) is 4. The number of piperidine rings is 1. The summed E-state index contributed by atoms with van der Waals surface area (Å²) in [6, 6.07) is 9.03. The molecule has 1 aliphatic carbocycles. The average molecular weight is 378 g/mol. The van der Waals surface area contributed by atoms with Gasteiger partial charge in [-0.3, -0.25) is 10.0 Å². The van der Waals surface area contributed by atoms with Crippen LogP contribution in [0.15, 0.2) is 42.9 Å². The monoisotopic (exact) mass is 378 g/mol. The molecule has 3 heterocycles. The van der Waals surface area contributed by atoms with Gasteiger partial charge in [-0.15, -0.1) is 0 Å². The lowest BCUT2D eigenvalue weighted by atomic mass is 10.2. The van der Waals surface area contributed by atoms with Gasteiger partial charge >= 0.3 is 0 Å². The van der Waals surface area contributed by atoms with Crippen LogP contribution >= 0.6 is 0 Å². The van der Waals surface area contributed by atoms with E-state index in [1.165, 1.54) is 28.9 Å². The molecule has 28 heavy (non-hydrogen) atoms. The van der Waals surface area contributed by atoms with Crippen LogP contribution < -0.4 is 15.7 Å². The molecular weight excluding hydrogens is 356 g/mol. The van der Waals surface area contributed by atoms with Crippen molar-refractivity contribution in [2.24, 2.45) is 18.9 Å². The molecule has 1 saturated carbocycles. The Kier molecular flexibility index (Phi) is 4.03. The second-order valence-electron chi connectivity index (χ2n) is 7.63. The normalized spacial score (nSPS) is 23.1. The highest BCUT2D eigenvalue weighted by Crippen LogP contribution is 2.46. The molecule has 1 saturated heterocycles. The van der Waals surface area contributed by atoms with E-state index in [1.807, 2.05) is 0 Å². The van der Waals surface area contributed by atoms with E-state index < -0.39 is 5.91 Å². The highest BCUT2D eigenvalue weighted by atomic mass is 16.5. The molecule has 2 unspecified atom stereocenters. The molecule has 3 N–H and O–H groups in total. The smallest absolute Gasteiger partial charge is 0.277 e. The topological polar surface area (TPSA) is 95.3 Å². The highest BCUT2D eigenvalue weighted by Gasteiger charge is 2.55. The number of anilines is 1. The Balaban J connectivity index is 1.18. The van der Waals surface area contributed by atoms with E-state index in [1.54, 1.807) is 5.48 Å². The van der Waals surface area contributed by atoms with Gasteiger partial charge in [0.2, 0.25) is 5.95 Å². The van der Waals surface area contributed by atoms with Crippen molar-refractivity contribution < 1.29 is 10.0 Å². The Morgan fingerprint density at radius 3 is 2.64 bits per heavy atom. The fraction of sp³-hybridized carbons (Fsp3) is 0.350. The van der Waals surface area contributed by atoms with Gasteiger partial charge in [-0.25, -0.2) is 15.4 Å². The number of fused-ring (bicyclic) bond motifs is 2. The number of amides is 1. The number of hydrogen-bond acceptors (Lipinski definition) is 6. The summed E-state index contributed by atoms with van der Waals surface area (Å²) in [4.78, 5) is 22.0. The summed E-state index contributed by atoms with van der Waals surface area (Å²) in [7, 11) is 2.09. The zero-order valence-electron chi connectivity index (χ0n) is 15.5. The van der Waals surface area contributed by atoms with Gasteiger partial charge in [-0.2, -0.15) is 0 Å². The average Bonchev–Trinajstić information content (AvgIpc) is 3.05. The first-order valence-corrected chi connectivity index (χ1v) is 9.43. The Morgan fingerprint density at radius 2 is 1.93 bits per heavy atom. The minimum atomic E-state index is -0.603. The molecular formula is C20H22N6O2. The number of aromatic nitrogens is 3. The molecule has 2 fully saturated rings. The Morgan fingerprint density at radius 1 is 1.21 bits per heavy atom. The van der Waals surface area contributed by atoms with E-state index in [9.17, 15) is 4.79 Å². The number of carbonyl (C=O) groups excluding carboxylic acids is 1. The van der Waals surface area contributed by atoms with Crippen LogP contribution in [-0.4, -0.2) is 44.8 Å². The zero-order chi connectivity index (χ0) is 19.3. The van der Waals surface area contributed by atoms with E-state index in [0.717, 1.165) is 19.6 Å². The fourth-order valence-electron chi connectivity index (χ4n) is 4.45. The van der Waals surface area contributed by atoms with E-state index in [4.69, 9.17) is 5.21 Å². The molecule has 3 aromatic rings. The number of benzene rings is 1. The van der Waals surface area contributed by atoms with E-state index in [-0.39, 0.29) is 5.56 Å². The maximum Gasteiger partial charge on any atom is 0.277 e. The van der Waals surface area contributed by atoms with Crippen LogP contribution in [0.2, 0.25) is 0 Å². The molecule has 2 aromatic heterocycles. The summed E-state index contributed by atoms with van der Waals surface area (Å²) in [5.74, 6) is 1.25. The maximum absolute atomic E-state index is 11.4. The van der Waals surface area contributed by atoms with Crippen LogP contribution in [0.5, 0.6) is 0 Å². The molecule has 5 rings (SSSR count). The molecule has 2 aliphatic rings. The van der Waals surface area contributed by atoms with Crippen LogP contribution in [-0.2, 0) is 13.6 Å². The summed E-state index contributed by atoms with van der Waals surface area (Å²) in [5, 5.41) is 13.7. The molecule has 0 radical (unpaired) electrons. The standard InChI is InChI=1S/C20H22N6O2/c1-25-9-13(14-4-2-3-5-17(14)25)8-21-18-15-10-26(11-16(15)18)20-22-6-12(7-23-20)19(27)24-28/h2-7,9,15-16,18,21,28H,8,10-11H2,1H3,(H,24,27). The minimum Gasteiger partial charge on any atom is -0.350 e. The summed E-state index contributed by atoms with van der Waals surface area (Å²) in [6.45, 7) is 2.72. The van der Waals surface area contributed by atoms with Gasteiger partial charge < -0.3 is 14.8 Å². The van der Waals surface area contributed by atoms with Gasteiger partial charge in [-0.05, 0) is 23.5 Å². The van der Waals surface area contributed by atoms with Gasteiger partial charge in [0.25, 0.3) is 5.91 Å². The third kappa shape index (κ3) is 2.81. The quantitative estimate of drug-likeness (QED) is 0.458. The first-order valence-electron chi connectivity index (χ1n) is 9.43. The first kappa shape index (κ1) is 17.2. The first-order chi connectivity index (χ1) is 13.7. The molecule has 8 heteroatoms. The zero-order valence-corrected chi connectivity index (χ0v) is 15.5. The third-order valence-corrected chi connectivity index (χ3v) is 5.99. The van der Waals surface area contributed by atoms with Gasteiger partial charge in [-0.1, -0.05) is 18.2 Å². The number of aryl methyl sites for hydroxylation is 1. The third-order valence-electron chi connectivity index (χ3n) is 5.99. The van der Waals surface area contributed by atoms with Crippen LogP contribution in [0.1, 0.15) is 15.9 Å². The molecule has 0 spiro atoms. The van der Waals surface area contributed by atoms with Crippen molar-refractivity contribution in [1.82, 2.24) is 25.3 Å². The van der Waals surface area contributed by atoms with Crippen molar-refractivity contribution >= 4 is 22.8 Å². The summed E-state index contributed by atoms with van der Waals surface area (Å²) < 4.78 is 2.18. The largest absolute Gasteiger partial charge is 0.350 e. The van der Waals surface area contributed by atoms with Crippen LogP contribution in [0.4, 0.5) is 5.95 Å². The molecule has 144 valence electrons. The van der Waals surface area contributed by atoms with Crippen molar-refractivity contribution in [2.45, 2.75) is 12.6 Å². The van der Waals surface area contributed by atoms with E-state index in [2.05, 4.69) is 62.3 Å². The van der Waals surface area contributed by atoms with Gasteiger partial charge in [0.05, 0.1) is 5.56 Å². The van der Waals surface area contributed by atoms with Gasteiger partial charge in [0.15, 0.2) is 0 Å². The summed E-state index contributed by atoms with van der Waals surface area (Å²) in [5.41, 5.74) is 4.42. The number of hydrogen-bond donors (Lipinski definition) is 3. The predicted molar refractivity (Wildman–Crippen MR) is 104 cm³/mol. The second kappa shape index (κ2) is 6.57. The Labute approximate surface area is 162 Å². The highest BCUT2D eigenvalue weighted by molar-refractivity contribution is 5.92. The van der Waals surface area contributed by atoms with Crippen LogP contribution in [0.3, 0.4) is 0 Å².